The zero-order chi connectivity index (χ0) is 35.7. The van der Waals surface area contributed by atoms with Crippen LogP contribution < -0.4 is 21.3 Å². The fourth-order valence-corrected chi connectivity index (χ4v) is 6.25. The van der Waals surface area contributed by atoms with Crippen molar-refractivity contribution in [3.8, 4) is 0 Å². The molecule has 3 aromatic rings. The van der Waals surface area contributed by atoms with E-state index in [0.29, 0.717) is 17.0 Å². The minimum atomic E-state index is -1.00. The van der Waals surface area contributed by atoms with Crippen LogP contribution >= 0.6 is 11.3 Å². The summed E-state index contributed by atoms with van der Waals surface area (Å²) in [6.07, 6.45) is 0.399. The van der Waals surface area contributed by atoms with Crippen molar-refractivity contribution < 1.29 is 28.4 Å². The summed E-state index contributed by atoms with van der Waals surface area (Å²) in [6, 6.07) is 12.2. The van der Waals surface area contributed by atoms with E-state index in [0.717, 1.165) is 5.56 Å². The van der Waals surface area contributed by atoms with Crippen LogP contribution in [0.25, 0.3) is 0 Å². The lowest BCUT2D eigenvalue weighted by molar-refractivity contribution is -0.136. The summed E-state index contributed by atoms with van der Waals surface area (Å²) in [7, 11) is 1.60. The summed E-state index contributed by atoms with van der Waals surface area (Å²) in [6.45, 7) is 7.22. The molecule has 0 saturated carbocycles. The van der Waals surface area contributed by atoms with Crippen LogP contribution in [0.2, 0.25) is 0 Å². The minimum absolute atomic E-state index is 0.0732. The first kappa shape index (κ1) is 37.1. The molecule has 1 aromatic heterocycles. The summed E-state index contributed by atoms with van der Waals surface area (Å²) < 4.78 is 14.1. The lowest BCUT2D eigenvalue weighted by Gasteiger charge is -2.29. The largest absolute Gasteiger partial charge is 0.345 e. The van der Waals surface area contributed by atoms with E-state index in [9.17, 15) is 28.4 Å². The Balaban J connectivity index is 1.66. The first-order chi connectivity index (χ1) is 23.3. The van der Waals surface area contributed by atoms with Crippen LogP contribution in [0.4, 0.5) is 4.39 Å². The lowest BCUT2D eigenvalue weighted by atomic mass is 10.0. The molecular formula is C35H44FN7O5S. The summed E-state index contributed by atoms with van der Waals surface area (Å²) in [5.41, 5.74) is 1.68. The van der Waals surface area contributed by atoms with Crippen molar-refractivity contribution in [2.24, 2.45) is 5.92 Å². The summed E-state index contributed by atoms with van der Waals surface area (Å²) in [5.74, 6) is -3.13. The van der Waals surface area contributed by atoms with Crippen LogP contribution in [0.3, 0.4) is 0 Å². The first-order valence-electron chi connectivity index (χ1n) is 16.2. The van der Waals surface area contributed by atoms with E-state index >= 15 is 0 Å². The van der Waals surface area contributed by atoms with Crippen LogP contribution in [0.5, 0.6) is 0 Å². The number of benzene rings is 2. The molecule has 0 radical (unpaired) electrons. The molecule has 4 atom stereocenters. The quantitative estimate of drug-likeness (QED) is 0.320. The number of hydrogen-bond acceptors (Lipinski definition) is 8. The van der Waals surface area contributed by atoms with Crippen molar-refractivity contribution >= 4 is 40.9 Å². The van der Waals surface area contributed by atoms with E-state index in [1.54, 1.807) is 45.3 Å². The number of aromatic nitrogens is 1. The maximum Gasteiger partial charge on any atom is 0.271 e. The first-order valence-corrected chi connectivity index (χ1v) is 17.1. The van der Waals surface area contributed by atoms with Crippen molar-refractivity contribution in [3.63, 3.8) is 0 Å². The molecular weight excluding hydrogens is 649 g/mol. The van der Waals surface area contributed by atoms with Crippen molar-refractivity contribution in [3.05, 3.63) is 87.6 Å². The molecule has 0 aliphatic carbocycles. The highest BCUT2D eigenvalue weighted by atomic mass is 32.1. The Labute approximate surface area is 289 Å². The van der Waals surface area contributed by atoms with E-state index in [1.165, 1.54) is 35.3 Å². The molecule has 0 spiro atoms. The predicted molar refractivity (Wildman–Crippen MR) is 184 cm³/mol. The Morgan fingerprint density at radius 3 is 2.29 bits per heavy atom. The molecule has 12 nitrogen and oxygen atoms in total. The molecule has 14 heteroatoms. The lowest BCUT2D eigenvalue weighted by Crippen LogP contribution is -2.57. The van der Waals surface area contributed by atoms with Gasteiger partial charge in [-0.2, -0.15) is 0 Å². The molecule has 4 N–H and O–H groups in total. The van der Waals surface area contributed by atoms with E-state index < -0.39 is 47.7 Å². The van der Waals surface area contributed by atoms with Crippen LogP contribution in [0.1, 0.15) is 60.4 Å². The van der Waals surface area contributed by atoms with Crippen LogP contribution in [-0.2, 0) is 32.1 Å². The number of amides is 5. The Kier molecular flexibility index (Phi) is 13.0. The van der Waals surface area contributed by atoms with Crippen molar-refractivity contribution in [1.82, 2.24) is 36.1 Å². The standard InChI is InChI=1S/C35H44FN7O5S/c1-21(2)30-33(47)38-23(4)35(48)42(5)14-15-43(18-25-12-9-13-26(36)16-25)19-29(44)39-27(17-24-10-7-6-8-11-24)34-40-28(20-49-34)32(46)37-22(3)31(45)41-30/h6-13,16,20-23,27,30H,14-15,17-19H2,1-5H3,(H,37,46)(H,38,47)(H,39,44)(H,41,45)/t22-,23+,27-,30-/m0/s1. The number of rotatable bonds is 5. The second-order valence-corrected chi connectivity index (χ2v) is 13.5. The molecule has 2 aromatic carbocycles. The van der Waals surface area contributed by atoms with Gasteiger partial charge in [-0.1, -0.05) is 56.3 Å². The number of carbonyl (C=O) groups excluding carboxylic acids is 5. The van der Waals surface area contributed by atoms with E-state index in [2.05, 4.69) is 26.3 Å². The molecule has 4 rings (SSSR count). The fraction of sp³-hybridized carbons (Fsp3) is 0.429. The summed E-state index contributed by atoms with van der Waals surface area (Å²) in [5, 5.41) is 13.2. The second-order valence-electron chi connectivity index (χ2n) is 12.6. The third-order valence-corrected chi connectivity index (χ3v) is 9.14. The molecule has 262 valence electrons. The minimum Gasteiger partial charge on any atom is -0.345 e. The number of nitrogens with one attached hydrogen (secondary N) is 4. The SMILES string of the molecule is CC(C)[C@@H]1NC(=O)[C@H](C)NC(=O)c2csc(n2)[C@H](Cc2ccccc2)NC(=O)CN(Cc2cccc(F)c2)CCN(C)C(=O)[C@@H](C)NC1=O. The molecule has 5 amide bonds. The van der Waals surface area contributed by atoms with Gasteiger partial charge in [0.15, 0.2) is 0 Å². The van der Waals surface area contributed by atoms with Crippen LogP contribution in [0.15, 0.2) is 60.0 Å². The summed E-state index contributed by atoms with van der Waals surface area (Å²) >= 11 is 1.21. The number of likely N-dealkylation sites (N-methyl/N-ethyl adjacent to an activating group) is 1. The van der Waals surface area contributed by atoms with Gasteiger partial charge >= 0.3 is 0 Å². The van der Waals surface area contributed by atoms with Gasteiger partial charge in [0.05, 0.1) is 12.6 Å². The molecule has 49 heavy (non-hydrogen) atoms. The average molecular weight is 694 g/mol. The van der Waals surface area contributed by atoms with Gasteiger partial charge in [-0.05, 0) is 49.4 Å². The highest BCUT2D eigenvalue weighted by Gasteiger charge is 2.31. The molecule has 1 aliphatic heterocycles. The monoisotopic (exact) mass is 693 g/mol. The number of nitrogens with zero attached hydrogens (tertiary/aromatic N) is 3. The predicted octanol–water partition coefficient (Wildman–Crippen LogP) is 2.42. The Morgan fingerprint density at radius 2 is 1.59 bits per heavy atom. The van der Waals surface area contributed by atoms with Gasteiger partial charge < -0.3 is 26.2 Å². The van der Waals surface area contributed by atoms with Crippen molar-refractivity contribution in [2.75, 3.05) is 26.7 Å². The number of halogens is 1. The number of thiazole rings is 1. The Morgan fingerprint density at radius 1 is 0.878 bits per heavy atom. The van der Waals surface area contributed by atoms with Gasteiger partial charge in [-0.15, -0.1) is 11.3 Å². The molecule has 2 heterocycles. The summed E-state index contributed by atoms with van der Waals surface area (Å²) in [4.78, 5) is 74.3. The molecule has 0 saturated heterocycles. The maximum absolute atomic E-state index is 14.1. The Bertz CT molecular complexity index is 1630. The smallest absolute Gasteiger partial charge is 0.271 e. The van der Waals surface area contributed by atoms with Gasteiger partial charge in [0, 0.05) is 32.1 Å². The Hall–Kier alpha value is -4.69. The number of carbonyl (C=O) groups is 5. The maximum atomic E-state index is 14.1. The topological polar surface area (TPSA) is 153 Å². The molecule has 1 aliphatic rings. The fourth-order valence-electron chi connectivity index (χ4n) is 5.40. The molecule has 2 bridgehead atoms. The van der Waals surface area contributed by atoms with Gasteiger partial charge in [0.1, 0.15) is 34.6 Å². The van der Waals surface area contributed by atoms with Crippen molar-refractivity contribution in [1.29, 1.82) is 0 Å². The van der Waals surface area contributed by atoms with Gasteiger partial charge in [0.25, 0.3) is 5.91 Å². The number of hydrogen-bond donors (Lipinski definition) is 4. The zero-order valence-electron chi connectivity index (χ0n) is 28.4. The van der Waals surface area contributed by atoms with E-state index in [4.69, 9.17) is 0 Å². The zero-order valence-corrected chi connectivity index (χ0v) is 29.2. The van der Waals surface area contributed by atoms with Gasteiger partial charge in [-0.3, -0.25) is 28.9 Å². The normalized spacial score (nSPS) is 22.5. The second kappa shape index (κ2) is 17.1. The van der Waals surface area contributed by atoms with Gasteiger partial charge in [-0.25, -0.2) is 9.37 Å². The third kappa shape index (κ3) is 10.6. The highest BCUT2D eigenvalue weighted by molar-refractivity contribution is 7.09. The van der Waals surface area contributed by atoms with E-state index in [-0.39, 0.29) is 49.6 Å². The average Bonchev–Trinajstić information content (AvgIpc) is 3.56. The van der Waals surface area contributed by atoms with E-state index in [1.807, 2.05) is 35.2 Å². The van der Waals surface area contributed by atoms with Crippen molar-refractivity contribution in [2.45, 2.75) is 64.8 Å². The highest BCUT2D eigenvalue weighted by Crippen LogP contribution is 2.23. The molecule has 0 unspecified atom stereocenters. The number of fused-ring (bicyclic) bond motifs is 2. The third-order valence-electron chi connectivity index (χ3n) is 8.18. The molecule has 0 fully saturated rings. The van der Waals surface area contributed by atoms with Gasteiger partial charge in [0.2, 0.25) is 23.6 Å². The van der Waals surface area contributed by atoms with Crippen LogP contribution in [0, 0.1) is 11.7 Å². The van der Waals surface area contributed by atoms with Crippen LogP contribution in [-0.4, -0.2) is 89.1 Å².